The first-order valence-corrected chi connectivity index (χ1v) is 8.70. The van der Waals surface area contributed by atoms with E-state index in [-0.39, 0.29) is 6.10 Å². The van der Waals surface area contributed by atoms with E-state index < -0.39 is 0 Å². The molecule has 3 aromatic rings. The van der Waals surface area contributed by atoms with E-state index in [9.17, 15) is 0 Å². The van der Waals surface area contributed by atoms with Crippen molar-refractivity contribution in [3.63, 3.8) is 0 Å². The number of benzene rings is 1. The Morgan fingerprint density at radius 2 is 1.84 bits per heavy atom. The van der Waals surface area contributed by atoms with Gasteiger partial charge in [0.05, 0.1) is 6.54 Å². The molecule has 3 heterocycles. The van der Waals surface area contributed by atoms with E-state index in [1.54, 1.807) is 12.4 Å². The largest absolute Gasteiger partial charge is 0.489 e. The average molecular weight is 334 g/mol. The average Bonchev–Trinajstić information content (AvgIpc) is 3.27. The molecule has 0 unspecified atom stereocenters. The molecule has 1 aliphatic rings. The number of imidazole rings is 1. The molecule has 1 aliphatic heterocycles. The molecule has 2 aromatic heterocycles. The third-order valence-electron chi connectivity index (χ3n) is 4.54. The second-order valence-electron chi connectivity index (χ2n) is 6.40. The van der Waals surface area contributed by atoms with Gasteiger partial charge >= 0.3 is 0 Å². The van der Waals surface area contributed by atoms with Gasteiger partial charge in [-0.3, -0.25) is 9.88 Å². The fraction of sp³-hybridized carbons (Fsp3) is 0.300. The highest BCUT2D eigenvalue weighted by atomic mass is 16.5. The number of pyridine rings is 1. The minimum absolute atomic E-state index is 0.236. The second kappa shape index (κ2) is 7.49. The Labute approximate surface area is 147 Å². The van der Waals surface area contributed by atoms with Crippen LogP contribution >= 0.6 is 0 Å². The third kappa shape index (κ3) is 4.06. The van der Waals surface area contributed by atoms with Crippen molar-refractivity contribution >= 4 is 0 Å². The van der Waals surface area contributed by atoms with Crippen LogP contribution < -0.4 is 4.74 Å². The highest BCUT2D eigenvalue weighted by Gasteiger charge is 2.25. The second-order valence-corrected chi connectivity index (χ2v) is 6.40. The van der Waals surface area contributed by atoms with Crippen LogP contribution in [0.15, 0.2) is 67.3 Å². The molecule has 0 N–H and O–H groups in total. The van der Waals surface area contributed by atoms with E-state index in [1.807, 2.05) is 24.4 Å². The lowest BCUT2D eigenvalue weighted by molar-refractivity contribution is 0.196. The fourth-order valence-electron chi connectivity index (χ4n) is 3.26. The van der Waals surface area contributed by atoms with Gasteiger partial charge in [0, 0.05) is 44.4 Å². The van der Waals surface area contributed by atoms with Crippen molar-refractivity contribution in [3.8, 4) is 5.75 Å². The first-order valence-electron chi connectivity index (χ1n) is 8.70. The van der Waals surface area contributed by atoms with E-state index in [2.05, 4.69) is 49.9 Å². The van der Waals surface area contributed by atoms with E-state index in [4.69, 9.17) is 4.74 Å². The standard InChI is InChI=1S/C20H22N4O/c1-2-4-17(5-3-1)14-24-13-11-22-20(24)16-23-12-8-19(15-23)25-18-6-9-21-10-7-18/h1-7,9-11,13,19H,8,12,14-16H2/t19-/m1/s1. The molecule has 1 aromatic carbocycles. The number of ether oxygens (including phenoxy) is 1. The van der Waals surface area contributed by atoms with Crippen molar-refractivity contribution in [2.45, 2.75) is 25.6 Å². The molecule has 1 fully saturated rings. The lowest BCUT2D eigenvalue weighted by Crippen LogP contribution is -2.26. The first kappa shape index (κ1) is 15.8. The number of hydrogen-bond donors (Lipinski definition) is 0. The van der Waals surface area contributed by atoms with Gasteiger partial charge < -0.3 is 9.30 Å². The number of likely N-dealkylation sites (tertiary alicyclic amines) is 1. The van der Waals surface area contributed by atoms with Gasteiger partial charge in [-0.1, -0.05) is 30.3 Å². The molecule has 5 nitrogen and oxygen atoms in total. The monoisotopic (exact) mass is 334 g/mol. The number of aromatic nitrogens is 3. The van der Waals surface area contributed by atoms with E-state index in [0.29, 0.717) is 0 Å². The third-order valence-corrected chi connectivity index (χ3v) is 4.54. The lowest BCUT2D eigenvalue weighted by atomic mass is 10.2. The zero-order chi connectivity index (χ0) is 16.9. The molecule has 1 atom stereocenters. The molecule has 1 saturated heterocycles. The van der Waals surface area contributed by atoms with Crippen LogP contribution in [0.25, 0.3) is 0 Å². The van der Waals surface area contributed by atoms with Crippen LogP contribution in [0.5, 0.6) is 5.75 Å². The number of hydrogen-bond acceptors (Lipinski definition) is 4. The van der Waals surface area contributed by atoms with Crippen molar-refractivity contribution in [1.82, 2.24) is 19.4 Å². The normalized spacial score (nSPS) is 17.7. The van der Waals surface area contributed by atoms with E-state index in [0.717, 1.165) is 44.2 Å². The van der Waals surface area contributed by atoms with Gasteiger partial charge in [-0.2, -0.15) is 0 Å². The predicted octanol–water partition coefficient (Wildman–Crippen LogP) is 2.98. The maximum atomic E-state index is 6.04. The highest BCUT2D eigenvalue weighted by Crippen LogP contribution is 2.19. The lowest BCUT2D eigenvalue weighted by Gasteiger charge is -2.17. The molecule has 25 heavy (non-hydrogen) atoms. The summed E-state index contributed by atoms with van der Waals surface area (Å²) >= 11 is 0. The smallest absolute Gasteiger partial charge is 0.123 e. The van der Waals surface area contributed by atoms with Crippen molar-refractivity contribution < 1.29 is 4.74 Å². The Bertz CT molecular complexity index is 788. The molecule has 0 saturated carbocycles. The molecule has 0 spiro atoms. The van der Waals surface area contributed by atoms with Crippen LogP contribution in [0, 0.1) is 0 Å². The molecule has 0 amide bonds. The summed E-state index contributed by atoms with van der Waals surface area (Å²) in [5.74, 6) is 2.00. The van der Waals surface area contributed by atoms with Gasteiger partial charge in [0.2, 0.25) is 0 Å². The Morgan fingerprint density at radius 3 is 2.68 bits per heavy atom. The van der Waals surface area contributed by atoms with Crippen molar-refractivity contribution in [2.24, 2.45) is 0 Å². The van der Waals surface area contributed by atoms with E-state index in [1.165, 1.54) is 5.56 Å². The highest BCUT2D eigenvalue weighted by molar-refractivity contribution is 5.18. The Kier molecular flexibility index (Phi) is 4.74. The van der Waals surface area contributed by atoms with Crippen molar-refractivity contribution in [1.29, 1.82) is 0 Å². The quantitative estimate of drug-likeness (QED) is 0.695. The maximum absolute atomic E-state index is 6.04. The first-order chi connectivity index (χ1) is 12.4. The van der Waals surface area contributed by atoms with Crippen molar-refractivity contribution in [3.05, 3.63) is 78.6 Å². The van der Waals surface area contributed by atoms with Crippen LogP contribution in [0.1, 0.15) is 17.8 Å². The van der Waals surface area contributed by atoms with Crippen LogP contribution in [-0.4, -0.2) is 38.6 Å². The van der Waals surface area contributed by atoms with Gasteiger partial charge in [0.25, 0.3) is 0 Å². The Morgan fingerprint density at radius 1 is 1.00 bits per heavy atom. The van der Waals surface area contributed by atoms with Crippen LogP contribution in [0.4, 0.5) is 0 Å². The Balaban J connectivity index is 1.35. The zero-order valence-electron chi connectivity index (χ0n) is 14.2. The van der Waals surface area contributed by atoms with Gasteiger partial charge in [0.15, 0.2) is 0 Å². The fourth-order valence-corrected chi connectivity index (χ4v) is 3.26. The topological polar surface area (TPSA) is 43.2 Å². The minimum atomic E-state index is 0.236. The van der Waals surface area contributed by atoms with Crippen LogP contribution in [-0.2, 0) is 13.1 Å². The molecule has 0 radical (unpaired) electrons. The summed E-state index contributed by atoms with van der Waals surface area (Å²) in [4.78, 5) is 11.0. The molecule has 0 aliphatic carbocycles. The van der Waals surface area contributed by atoms with Gasteiger partial charge in [0.1, 0.15) is 17.7 Å². The molecular weight excluding hydrogens is 312 g/mol. The summed E-state index contributed by atoms with van der Waals surface area (Å²) in [6.07, 6.45) is 8.76. The van der Waals surface area contributed by atoms with Gasteiger partial charge in [-0.15, -0.1) is 0 Å². The van der Waals surface area contributed by atoms with E-state index >= 15 is 0 Å². The number of nitrogens with zero attached hydrogens (tertiary/aromatic N) is 4. The molecule has 4 rings (SSSR count). The SMILES string of the molecule is c1ccc(Cn2ccnc2CN2CC[C@@H](Oc3ccncc3)C2)cc1. The van der Waals surface area contributed by atoms with Gasteiger partial charge in [-0.25, -0.2) is 4.98 Å². The summed E-state index contributed by atoms with van der Waals surface area (Å²) in [6.45, 7) is 3.69. The molecule has 128 valence electrons. The molecule has 0 bridgehead atoms. The summed E-state index contributed by atoms with van der Waals surface area (Å²) in [7, 11) is 0. The summed E-state index contributed by atoms with van der Waals surface area (Å²) in [6, 6.07) is 14.3. The Hall–Kier alpha value is -2.66. The maximum Gasteiger partial charge on any atom is 0.123 e. The molecular formula is C20H22N4O. The van der Waals surface area contributed by atoms with Crippen molar-refractivity contribution in [2.75, 3.05) is 13.1 Å². The van der Waals surface area contributed by atoms with Crippen LogP contribution in [0.3, 0.4) is 0 Å². The number of rotatable bonds is 6. The summed E-state index contributed by atoms with van der Waals surface area (Å²) < 4.78 is 8.27. The predicted molar refractivity (Wildman–Crippen MR) is 96.3 cm³/mol. The summed E-state index contributed by atoms with van der Waals surface area (Å²) in [5.41, 5.74) is 1.29. The van der Waals surface area contributed by atoms with Crippen LogP contribution in [0.2, 0.25) is 0 Å². The molecule has 5 heteroatoms. The minimum Gasteiger partial charge on any atom is -0.489 e. The zero-order valence-corrected chi connectivity index (χ0v) is 14.2. The summed E-state index contributed by atoms with van der Waals surface area (Å²) in [5, 5.41) is 0. The van der Waals surface area contributed by atoms with Gasteiger partial charge in [-0.05, 0) is 24.1 Å².